The fourth-order valence-corrected chi connectivity index (χ4v) is 2.06. The number of carbonyl (C=O) groups is 1. The molecule has 0 unspecified atom stereocenters. The lowest BCUT2D eigenvalue weighted by atomic mass is 10.3. The van der Waals surface area contributed by atoms with E-state index in [4.69, 9.17) is 28.6 Å². The van der Waals surface area contributed by atoms with Gasteiger partial charge in [0.15, 0.2) is 11.7 Å². The third-order valence-corrected chi connectivity index (χ3v) is 3.36. The van der Waals surface area contributed by atoms with E-state index in [0.717, 1.165) is 0 Å². The summed E-state index contributed by atoms with van der Waals surface area (Å²) in [5.41, 5.74) is 5.35. The van der Waals surface area contributed by atoms with Gasteiger partial charge in [-0.05, 0) is 36.5 Å². The summed E-state index contributed by atoms with van der Waals surface area (Å²) < 4.78 is 5.27. The number of hydrogen-bond acceptors (Lipinski definition) is 5. The number of hydrogen-bond donors (Lipinski definition) is 3. The van der Waals surface area contributed by atoms with E-state index in [2.05, 4.69) is 16.2 Å². The molecule has 0 aromatic heterocycles. The highest BCUT2D eigenvalue weighted by molar-refractivity contribution is 7.80. The number of anilines is 1. The zero-order valence-corrected chi connectivity index (χ0v) is 14.3. The van der Waals surface area contributed by atoms with Crippen LogP contribution < -0.4 is 20.9 Å². The van der Waals surface area contributed by atoms with Gasteiger partial charge in [0.25, 0.3) is 11.6 Å². The second-order valence-electron chi connectivity index (χ2n) is 4.65. The number of amides is 1. The Morgan fingerprint density at radius 3 is 2.48 bits per heavy atom. The topological polar surface area (TPSA) is 106 Å². The van der Waals surface area contributed by atoms with Crippen molar-refractivity contribution in [3.63, 3.8) is 0 Å². The molecule has 25 heavy (non-hydrogen) atoms. The normalized spacial score (nSPS) is 9.80. The van der Waals surface area contributed by atoms with Crippen molar-refractivity contribution in [3.05, 3.63) is 63.7 Å². The summed E-state index contributed by atoms with van der Waals surface area (Å²) >= 11 is 10.9. The molecule has 0 spiro atoms. The summed E-state index contributed by atoms with van der Waals surface area (Å²) in [5, 5.41) is 13.9. The van der Waals surface area contributed by atoms with Crippen LogP contribution in [0.1, 0.15) is 0 Å². The molecule has 0 saturated heterocycles. The molecule has 2 aromatic rings. The Kier molecular flexibility index (Phi) is 6.49. The third kappa shape index (κ3) is 5.90. The van der Waals surface area contributed by atoms with Crippen LogP contribution in [0.5, 0.6) is 5.75 Å². The van der Waals surface area contributed by atoms with Crippen LogP contribution in [0.3, 0.4) is 0 Å². The number of carbonyl (C=O) groups excluding carboxylic acids is 1. The zero-order valence-electron chi connectivity index (χ0n) is 12.7. The highest BCUT2D eigenvalue weighted by atomic mass is 35.5. The Bertz CT molecular complexity index is 785. The van der Waals surface area contributed by atoms with Crippen LogP contribution in [0.15, 0.2) is 48.5 Å². The van der Waals surface area contributed by atoms with Gasteiger partial charge in [0.1, 0.15) is 5.75 Å². The molecule has 8 nitrogen and oxygen atoms in total. The first-order valence-electron chi connectivity index (χ1n) is 6.93. The highest BCUT2D eigenvalue weighted by Crippen LogP contribution is 2.22. The summed E-state index contributed by atoms with van der Waals surface area (Å²) in [6, 6.07) is 12.4. The van der Waals surface area contributed by atoms with Crippen molar-refractivity contribution < 1.29 is 14.5 Å². The van der Waals surface area contributed by atoms with Gasteiger partial charge in [-0.3, -0.25) is 25.8 Å². The molecule has 3 N–H and O–H groups in total. The molecule has 2 aromatic carbocycles. The number of para-hydroxylation sites is 1. The molecule has 1 amide bonds. The molecule has 0 aliphatic carbocycles. The molecular formula is C15H13ClN4O4S. The van der Waals surface area contributed by atoms with E-state index in [1.54, 1.807) is 24.3 Å². The van der Waals surface area contributed by atoms with Crippen LogP contribution in [0.4, 0.5) is 11.4 Å². The first kappa shape index (κ1) is 18.4. The first-order chi connectivity index (χ1) is 12.0. The Morgan fingerprint density at radius 1 is 1.16 bits per heavy atom. The standard InChI is InChI=1S/C15H13ClN4O4S/c16-12-3-1-2-4-13(12)24-9-14(21)18-19-15(25)17-10-5-7-11(8-6-10)20(22)23/h1-8H,9H2,(H,18,21)(H2,17,19,25). The minimum absolute atomic E-state index is 0.0329. The van der Waals surface area contributed by atoms with E-state index in [1.807, 2.05) is 0 Å². The Balaban J connectivity index is 1.74. The van der Waals surface area contributed by atoms with Gasteiger partial charge in [0.2, 0.25) is 0 Å². The van der Waals surface area contributed by atoms with E-state index < -0.39 is 10.8 Å². The molecule has 0 aliphatic rings. The largest absolute Gasteiger partial charge is 0.482 e. The molecular weight excluding hydrogens is 368 g/mol. The molecule has 0 saturated carbocycles. The fraction of sp³-hybridized carbons (Fsp3) is 0.0667. The maximum absolute atomic E-state index is 11.7. The van der Waals surface area contributed by atoms with Gasteiger partial charge in [0.05, 0.1) is 9.95 Å². The Hall–Kier alpha value is -2.91. The number of halogens is 1. The summed E-state index contributed by atoms with van der Waals surface area (Å²) in [6.45, 7) is -0.253. The van der Waals surface area contributed by atoms with E-state index in [0.29, 0.717) is 16.5 Å². The highest BCUT2D eigenvalue weighted by Gasteiger charge is 2.07. The van der Waals surface area contributed by atoms with Crippen molar-refractivity contribution in [1.29, 1.82) is 0 Å². The van der Waals surface area contributed by atoms with Gasteiger partial charge in [-0.1, -0.05) is 23.7 Å². The number of rotatable bonds is 5. The number of benzene rings is 2. The lowest BCUT2D eigenvalue weighted by Crippen LogP contribution is -2.45. The molecule has 0 fully saturated rings. The predicted molar refractivity (Wildman–Crippen MR) is 97.5 cm³/mol. The number of non-ortho nitro benzene ring substituents is 1. The minimum atomic E-state index is -0.500. The van der Waals surface area contributed by atoms with E-state index >= 15 is 0 Å². The number of hydrazine groups is 1. The van der Waals surface area contributed by atoms with Crippen molar-refractivity contribution in [2.75, 3.05) is 11.9 Å². The zero-order chi connectivity index (χ0) is 18.2. The predicted octanol–water partition coefficient (Wildman–Crippen LogP) is 2.64. The van der Waals surface area contributed by atoms with Gasteiger partial charge in [0, 0.05) is 17.8 Å². The molecule has 10 heteroatoms. The smallest absolute Gasteiger partial charge is 0.276 e. The molecule has 2 rings (SSSR count). The van der Waals surface area contributed by atoms with Gasteiger partial charge >= 0.3 is 0 Å². The average molecular weight is 381 g/mol. The quantitative estimate of drug-likeness (QED) is 0.416. The number of thiocarbonyl (C=S) groups is 1. The second kappa shape index (κ2) is 8.81. The number of nitro benzene ring substituents is 1. The van der Waals surface area contributed by atoms with Crippen LogP contribution in [0.2, 0.25) is 5.02 Å². The van der Waals surface area contributed by atoms with Gasteiger partial charge in [-0.25, -0.2) is 0 Å². The van der Waals surface area contributed by atoms with Crippen molar-refractivity contribution >= 4 is 46.2 Å². The number of ether oxygens (including phenoxy) is 1. The monoisotopic (exact) mass is 380 g/mol. The summed E-state index contributed by atoms with van der Waals surface area (Å²) in [7, 11) is 0. The van der Waals surface area contributed by atoms with Crippen LogP contribution in [-0.2, 0) is 4.79 Å². The minimum Gasteiger partial charge on any atom is -0.482 e. The lowest BCUT2D eigenvalue weighted by molar-refractivity contribution is -0.384. The second-order valence-corrected chi connectivity index (χ2v) is 5.47. The Morgan fingerprint density at radius 2 is 1.84 bits per heavy atom. The summed E-state index contributed by atoms with van der Waals surface area (Å²) in [5.74, 6) is -0.0707. The molecule has 0 bridgehead atoms. The molecule has 0 atom stereocenters. The van der Waals surface area contributed by atoms with Crippen LogP contribution in [0.25, 0.3) is 0 Å². The van der Waals surface area contributed by atoms with Crippen LogP contribution >= 0.6 is 23.8 Å². The Labute approximate surface area is 153 Å². The number of nitrogens with one attached hydrogen (secondary N) is 3. The van der Waals surface area contributed by atoms with Crippen LogP contribution in [0, 0.1) is 10.1 Å². The SMILES string of the molecule is O=C(COc1ccccc1Cl)NNC(=S)Nc1ccc([N+](=O)[O-])cc1. The summed E-state index contributed by atoms with van der Waals surface area (Å²) in [6.07, 6.45) is 0. The van der Waals surface area contributed by atoms with Gasteiger partial charge in [-0.2, -0.15) is 0 Å². The van der Waals surface area contributed by atoms with Crippen molar-refractivity contribution in [1.82, 2.24) is 10.9 Å². The lowest BCUT2D eigenvalue weighted by Gasteiger charge is -2.12. The van der Waals surface area contributed by atoms with E-state index in [-0.39, 0.29) is 17.4 Å². The van der Waals surface area contributed by atoms with Crippen molar-refractivity contribution in [2.24, 2.45) is 0 Å². The number of nitro groups is 1. The molecule has 130 valence electrons. The van der Waals surface area contributed by atoms with E-state index in [1.165, 1.54) is 24.3 Å². The van der Waals surface area contributed by atoms with Gasteiger partial charge in [-0.15, -0.1) is 0 Å². The van der Waals surface area contributed by atoms with Crippen LogP contribution in [-0.4, -0.2) is 22.5 Å². The number of nitrogens with zero attached hydrogens (tertiary/aromatic N) is 1. The maximum atomic E-state index is 11.7. The fourth-order valence-electron chi connectivity index (χ4n) is 1.70. The summed E-state index contributed by atoms with van der Waals surface area (Å²) in [4.78, 5) is 21.8. The average Bonchev–Trinajstić information content (AvgIpc) is 2.59. The maximum Gasteiger partial charge on any atom is 0.276 e. The van der Waals surface area contributed by atoms with Crippen molar-refractivity contribution in [3.8, 4) is 5.75 Å². The molecule has 0 radical (unpaired) electrons. The third-order valence-electron chi connectivity index (χ3n) is 2.85. The molecule has 0 aliphatic heterocycles. The van der Waals surface area contributed by atoms with Crippen molar-refractivity contribution in [2.45, 2.75) is 0 Å². The molecule has 0 heterocycles. The van der Waals surface area contributed by atoms with Gasteiger partial charge < -0.3 is 10.1 Å². The van der Waals surface area contributed by atoms with E-state index in [9.17, 15) is 14.9 Å². The first-order valence-corrected chi connectivity index (χ1v) is 7.72.